The van der Waals surface area contributed by atoms with Gasteiger partial charge in [0.2, 0.25) is 0 Å². The number of rotatable bonds is 4. The molecule has 102 valence electrons. The van der Waals surface area contributed by atoms with Crippen LogP contribution in [0.2, 0.25) is 0 Å². The first kappa shape index (κ1) is 13.4. The second kappa shape index (κ2) is 4.89. The molecule has 2 unspecified atom stereocenters. The lowest BCUT2D eigenvalue weighted by Gasteiger charge is -2.23. The first-order chi connectivity index (χ1) is 8.90. The van der Waals surface area contributed by atoms with Crippen molar-refractivity contribution in [1.82, 2.24) is 4.98 Å². The first-order valence-corrected chi connectivity index (χ1v) is 6.01. The predicted molar refractivity (Wildman–Crippen MR) is 69.7 cm³/mol. The van der Waals surface area contributed by atoms with Crippen LogP contribution in [-0.4, -0.2) is 16.1 Å². The number of nitrogens with two attached hydrogens (primary N) is 1. The maximum absolute atomic E-state index is 11.3. The fourth-order valence-corrected chi connectivity index (χ4v) is 2.24. The molecule has 0 fully saturated rings. The van der Waals surface area contributed by atoms with E-state index in [0.29, 0.717) is 16.7 Å². The average molecular weight is 264 g/mol. The monoisotopic (exact) mass is 264 g/mol. The Kier molecular flexibility index (Phi) is 3.44. The summed E-state index contributed by atoms with van der Waals surface area (Å²) in [7, 11) is 0. The number of aromatic amines is 1. The number of nitrogens with one attached hydrogen (secondary N) is 1. The molecule has 0 saturated carbocycles. The van der Waals surface area contributed by atoms with Crippen molar-refractivity contribution in [3.63, 3.8) is 0 Å². The highest BCUT2D eigenvalue weighted by atomic mass is 16.4. The summed E-state index contributed by atoms with van der Waals surface area (Å²) < 4.78 is 4.89. The Morgan fingerprint density at radius 1 is 1.42 bits per heavy atom. The molecular weight excluding hydrogens is 248 g/mol. The molecule has 1 aromatic carbocycles. The van der Waals surface area contributed by atoms with Crippen LogP contribution >= 0.6 is 0 Å². The van der Waals surface area contributed by atoms with Gasteiger partial charge in [0.25, 0.3) is 0 Å². The second-order valence-electron chi connectivity index (χ2n) is 4.90. The van der Waals surface area contributed by atoms with E-state index in [2.05, 4.69) is 4.98 Å². The number of oxazole rings is 1. The molecule has 0 aliphatic carbocycles. The van der Waals surface area contributed by atoms with Crippen LogP contribution in [0.3, 0.4) is 0 Å². The fourth-order valence-electron chi connectivity index (χ4n) is 2.24. The Labute approximate surface area is 109 Å². The van der Waals surface area contributed by atoms with Gasteiger partial charge in [-0.25, -0.2) is 4.79 Å². The van der Waals surface area contributed by atoms with E-state index in [4.69, 9.17) is 10.2 Å². The minimum atomic E-state index is -0.928. The highest BCUT2D eigenvalue weighted by Gasteiger charge is 2.29. The van der Waals surface area contributed by atoms with Gasteiger partial charge in [0, 0.05) is 6.04 Å². The lowest BCUT2D eigenvalue weighted by atomic mass is 9.85. The number of carboxylic acid groups (broad SMARTS) is 1. The molecule has 0 saturated heterocycles. The Bertz CT molecular complexity index is 656. The number of H-pyrrole nitrogens is 1. The highest BCUT2D eigenvalue weighted by molar-refractivity contribution is 5.75. The van der Waals surface area contributed by atoms with E-state index in [1.165, 1.54) is 0 Å². The van der Waals surface area contributed by atoms with Gasteiger partial charge in [-0.1, -0.05) is 19.9 Å². The molecule has 1 aromatic heterocycles. The summed E-state index contributed by atoms with van der Waals surface area (Å²) >= 11 is 0. The van der Waals surface area contributed by atoms with Crippen molar-refractivity contribution in [2.45, 2.75) is 19.9 Å². The smallest absolute Gasteiger partial charge is 0.417 e. The minimum absolute atomic E-state index is 0.0911. The summed E-state index contributed by atoms with van der Waals surface area (Å²) in [6.45, 7) is 3.63. The summed E-state index contributed by atoms with van der Waals surface area (Å²) in [5, 5.41) is 9.24. The van der Waals surface area contributed by atoms with Gasteiger partial charge in [0.1, 0.15) is 0 Å². The molecule has 2 aromatic rings. The molecule has 2 rings (SSSR count). The van der Waals surface area contributed by atoms with Crippen LogP contribution in [0.15, 0.2) is 27.4 Å². The number of carbonyl (C=O) groups is 1. The molecule has 19 heavy (non-hydrogen) atoms. The number of aromatic nitrogens is 1. The molecule has 6 nitrogen and oxygen atoms in total. The minimum Gasteiger partial charge on any atom is -0.481 e. The van der Waals surface area contributed by atoms with Crippen LogP contribution in [0.4, 0.5) is 0 Å². The van der Waals surface area contributed by atoms with Crippen LogP contribution in [-0.2, 0) is 4.79 Å². The Balaban J connectivity index is 2.42. The van der Waals surface area contributed by atoms with E-state index in [9.17, 15) is 14.7 Å². The Hall–Kier alpha value is -2.08. The number of aliphatic carboxylic acids is 1. The highest BCUT2D eigenvalue weighted by Crippen LogP contribution is 2.27. The Morgan fingerprint density at radius 2 is 2.11 bits per heavy atom. The van der Waals surface area contributed by atoms with E-state index in [-0.39, 0.29) is 5.92 Å². The van der Waals surface area contributed by atoms with E-state index in [1.54, 1.807) is 18.2 Å². The molecular formula is C13H16N2O4. The van der Waals surface area contributed by atoms with E-state index < -0.39 is 23.7 Å². The summed E-state index contributed by atoms with van der Waals surface area (Å²) in [6.07, 6.45) is 0. The molecule has 6 heteroatoms. The van der Waals surface area contributed by atoms with Gasteiger partial charge in [-0.2, -0.15) is 0 Å². The lowest BCUT2D eigenvalue weighted by Crippen LogP contribution is -2.32. The maximum Gasteiger partial charge on any atom is 0.417 e. The normalized spacial score (nSPS) is 14.7. The zero-order chi connectivity index (χ0) is 14.2. The number of hydrogen-bond donors (Lipinski definition) is 3. The van der Waals surface area contributed by atoms with Gasteiger partial charge >= 0.3 is 11.7 Å². The van der Waals surface area contributed by atoms with Crippen molar-refractivity contribution in [2.24, 2.45) is 17.6 Å². The predicted octanol–water partition coefficient (Wildman–Crippen LogP) is 1.48. The average Bonchev–Trinajstić information content (AvgIpc) is 2.66. The molecule has 0 aliphatic heterocycles. The maximum atomic E-state index is 11.3. The summed E-state index contributed by atoms with van der Waals surface area (Å²) in [6, 6.07) is 4.31. The quantitative estimate of drug-likeness (QED) is 0.774. The molecule has 0 aliphatic rings. The van der Waals surface area contributed by atoms with Crippen LogP contribution < -0.4 is 11.5 Å². The third-order valence-electron chi connectivity index (χ3n) is 3.22. The molecule has 1 heterocycles. The van der Waals surface area contributed by atoms with Crippen molar-refractivity contribution in [3.05, 3.63) is 34.3 Å². The van der Waals surface area contributed by atoms with Gasteiger partial charge in [-0.3, -0.25) is 9.78 Å². The van der Waals surface area contributed by atoms with Crippen LogP contribution in [0, 0.1) is 11.8 Å². The van der Waals surface area contributed by atoms with Gasteiger partial charge < -0.3 is 15.3 Å². The lowest BCUT2D eigenvalue weighted by molar-refractivity contribution is -0.144. The van der Waals surface area contributed by atoms with Crippen molar-refractivity contribution < 1.29 is 14.3 Å². The molecule has 0 radical (unpaired) electrons. The molecule has 0 amide bonds. The van der Waals surface area contributed by atoms with Crippen LogP contribution in [0.25, 0.3) is 11.1 Å². The van der Waals surface area contributed by atoms with Crippen molar-refractivity contribution >= 4 is 17.1 Å². The summed E-state index contributed by atoms with van der Waals surface area (Å²) in [4.78, 5) is 24.9. The van der Waals surface area contributed by atoms with Gasteiger partial charge in [0.05, 0.1) is 11.4 Å². The van der Waals surface area contributed by atoms with Crippen molar-refractivity contribution in [2.75, 3.05) is 0 Å². The number of carboxylic acids is 1. The Morgan fingerprint density at radius 3 is 2.68 bits per heavy atom. The second-order valence-corrected chi connectivity index (χ2v) is 4.90. The SMILES string of the molecule is CC(C)C(C(=O)O)C(N)c1ccc2oc(=O)[nH]c2c1. The molecule has 4 N–H and O–H groups in total. The molecule has 0 bridgehead atoms. The van der Waals surface area contributed by atoms with Crippen LogP contribution in [0.1, 0.15) is 25.5 Å². The third-order valence-corrected chi connectivity index (χ3v) is 3.22. The third kappa shape index (κ3) is 2.53. The van der Waals surface area contributed by atoms with E-state index in [0.717, 1.165) is 0 Å². The standard InChI is InChI=1S/C13H16N2O4/c1-6(2)10(12(16)17)11(14)7-3-4-9-8(5-7)15-13(18)19-9/h3-6,10-11H,14H2,1-2H3,(H,15,18)(H,16,17). The number of hydrogen-bond acceptors (Lipinski definition) is 4. The first-order valence-electron chi connectivity index (χ1n) is 6.01. The summed E-state index contributed by atoms with van der Waals surface area (Å²) in [5.41, 5.74) is 7.64. The van der Waals surface area contributed by atoms with Gasteiger partial charge in [-0.15, -0.1) is 0 Å². The molecule has 0 spiro atoms. The van der Waals surface area contributed by atoms with Crippen molar-refractivity contribution in [3.8, 4) is 0 Å². The van der Waals surface area contributed by atoms with E-state index >= 15 is 0 Å². The largest absolute Gasteiger partial charge is 0.481 e. The van der Waals surface area contributed by atoms with Crippen molar-refractivity contribution in [1.29, 1.82) is 0 Å². The zero-order valence-corrected chi connectivity index (χ0v) is 10.7. The topological polar surface area (TPSA) is 109 Å². The number of benzene rings is 1. The summed E-state index contributed by atoms with van der Waals surface area (Å²) in [5.74, 6) is -2.25. The van der Waals surface area contributed by atoms with E-state index in [1.807, 2.05) is 13.8 Å². The zero-order valence-electron chi connectivity index (χ0n) is 10.7. The van der Waals surface area contributed by atoms with Crippen LogP contribution in [0.5, 0.6) is 0 Å². The van der Waals surface area contributed by atoms with Gasteiger partial charge in [0.15, 0.2) is 5.58 Å². The van der Waals surface area contributed by atoms with Gasteiger partial charge in [-0.05, 0) is 23.6 Å². The molecule has 2 atom stereocenters. The fraction of sp³-hybridized carbons (Fsp3) is 0.385. The number of fused-ring (bicyclic) bond motifs is 1.